The highest BCUT2D eigenvalue weighted by molar-refractivity contribution is 4.94. The van der Waals surface area contributed by atoms with Crippen molar-refractivity contribution < 1.29 is 0 Å². The maximum atomic E-state index is 6.08. The van der Waals surface area contributed by atoms with Crippen LogP contribution in [-0.2, 0) is 0 Å². The molecular formula is C12H25N3. The third kappa shape index (κ3) is 2.92. The lowest BCUT2D eigenvalue weighted by atomic mass is 9.78. The van der Waals surface area contributed by atoms with Gasteiger partial charge < -0.3 is 16.0 Å². The first-order valence-corrected chi connectivity index (χ1v) is 6.21. The van der Waals surface area contributed by atoms with Gasteiger partial charge in [-0.25, -0.2) is 0 Å². The van der Waals surface area contributed by atoms with Gasteiger partial charge >= 0.3 is 0 Å². The molecule has 2 heterocycles. The lowest BCUT2D eigenvalue weighted by molar-refractivity contribution is 0.184. The summed E-state index contributed by atoms with van der Waals surface area (Å²) >= 11 is 0. The molecule has 0 atom stereocenters. The zero-order valence-electron chi connectivity index (χ0n) is 10.2. The van der Waals surface area contributed by atoms with E-state index in [2.05, 4.69) is 24.1 Å². The summed E-state index contributed by atoms with van der Waals surface area (Å²) in [5, 5.41) is 3.46. The van der Waals surface area contributed by atoms with E-state index >= 15 is 0 Å². The summed E-state index contributed by atoms with van der Waals surface area (Å²) in [7, 11) is 0. The molecule has 2 aliphatic rings. The topological polar surface area (TPSA) is 41.3 Å². The van der Waals surface area contributed by atoms with E-state index in [1.807, 2.05) is 0 Å². The van der Waals surface area contributed by atoms with Crippen LogP contribution in [0.4, 0.5) is 0 Å². The maximum Gasteiger partial charge on any atom is 0.0226 e. The molecule has 0 aromatic rings. The molecule has 2 rings (SSSR count). The van der Waals surface area contributed by atoms with Crippen LogP contribution in [0.15, 0.2) is 0 Å². The van der Waals surface area contributed by atoms with Crippen molar-refractivity contribution in [3.05, 3.63) is 0 Å². The van der Waals surface area contributed by atoms with Gasteiger partial charge in [-0.05, 0) is 58.2 Å². The molecule has 0 radical (unpaired) electrons. The van der Waals surface area contributed by atoms with Gasteiger partial charge in [-0.15, -0.1) is 0 Å². The van der Waals surface area contributed by atoms with Crippen LogP contribution < -0.4 is 11.1 Å². The fraction of sp³-hybridized carbons (Fsp3) is 1.00. The van der Waals surface area contributed by atoms with Gasteiger partial charge in [-0.3, -0.25) is 0 Å². The van der Waals surface area contributed by atoms with Crippen molar-refractivity contribution in [2.24, 2.45) is 11.1 Å². The van der Waals surface area contributed by atoms with Crippen molar-refractivity contribution in [3.63, 3.8) is 0 Å². The molecule has 2 aliphatic heterocycles. The molecule has 0 unspecified atom stereocenters. The Morgan fingerprint density at radius 3 is 2.53 bits per heavy atom. The molecule has 3 N–H and O–H groups in total. The standard InChI is InChI=1S/C12H25N3/c1-11(2,13)9-15-8-5-12(10-15)3-6-14-7-4-12/h14H,3-10,13H2,1-2H3. The van der Waals surface area contributed by atoms with Crippen molar-refractivity contribution in [2.45, 2.75) is 38.6 Å². The maximum absolute atomic E-state index is 6.08. The highest BCUT2D eigenvalue weighted by Crippen LogP contribution is 2.38. The summed E-state index contributed by atoms with van der Waals surface area (Å²) in [5.41, 5.74) is 6.66. The highest BCUT2D eigenvalue weighted by Gasteiger charge is 2.39. The largest absolute Gasteiger partial charge is 0.324 e. The van der Waals surface area contributed by atoms with E-state index in [1.165, 1.54) is 45.4 Å². The van der Waals surface area contributed by atoms with Crippen LogP contribution in [-0.4, -0.2) is 43.2 Å². The summed E-state index contributed by atoms with van der Waals surface area (Å²) in [6.07, 6.45) is 4.09. The molecule has 1 spiro atoms. The molecule has 88 valence electrons. The fourth-order valence-electron chi connectivity index (χ4n) is 3.10. The number of likely N-dealkylation sites (tertiary alicyclic amines) is 1. The van der Waals surface area contributed by atoms with Crippen LogP contribution in [0, 0.1) is 5.41 Å². The Kier molecular flexibility index (Phi) is 3.06. The normalized spacial score (nSPS) is 27.4. The van der Waals surface area contributed by atoms with E-state index in [0.29, 0.717) is 5.41 Å². The molecule has 3 nitrogen and oxygen atoms in total. The second kappa shape index (κ2) is 4.04. The molecule has 0 saturated carbocycles. The number of nitrogens with one attached hydrogen (secondary N) is 1. The van der Waals surface area contributed by atoms with Crippen LogP contribution in [0.3, 0.4) is 0 Å². The summed E-state index contributed by atoms with van der Waals surface area (Å²) in [4.78, 5) is 2.56. The quantitative estimate of drug-likeness (QED) is 0.710. The zero-order chi connectivity index (χ0) is 10.9. The minimum absolute atomic E-state index is 0.0432. The van der Waals surface area contributed by atoms with Crippen molar-refractivity contribution in [1.82, 2.24) is 10.2 Å². The minimum Gasteiger partial charge on any atom is -0.324 e. The second-order valence-electron chi connectivity index (χ2n) is 6.20. The van der Waals surface area contributed by atoms with Crippen molar-refractivity contribution in [2.75, 3.05) is 32.7 Å². The van der Waals surface area contributed by atoms with Crippen LogP contribution in [0.25, 0.3) is 0 Å². The lowest BCUT2D eigenvalue weighted by Crippen LogP contribution is -2.46. The number of hydrogen-bond donors (Lipinski definition) is 2. The Morgan fingerprint density at radius 2 is 1.93 bits per heavy atom. The Bertz CT molecular complexity index is 213. The highest BCUT2D eigenvalue weighted by atomic mass is 15.2. The molecule has 0 aromatic heterocycles. The first-order chi connectivity index (χ1) is 6.99. The van der Waals surface area contributed by atoms with E-state index in [9.17, 15) is 0 Å². The SMILES string of the molecule is CC(C)(N)CN1CCC2(CCNCC2)C1. The Balaban J connectivity index is 1.88. The van der Waals surface area contributed by atoms with Crippen LogP contribution in [0.2, 0.25) is 0 Å². The van der Waals surface area contributed by atoms with Gasteiger partial charge in [-0.1, -0.05) is 0 Å². The molecule has 15 heavy (non-hydrogen) atoms. The predicted octanol–water partition coefficient (Wildman–Crippen LogP) is 0.799. The van der Waals surface area contributed by atoms with Crippen LogP contribution in [0.5, 0.6) is 0 Å². The molecule has 0 aromatic carbocycles. The smallest absolute Gasteiger partial charge is 0.0226 e. The molecule has 3 heteroatoms. The first-order valence-electron chi connectivity index (χ1n) is 6.21. The lowest BCUT2D eigenvalue weighted by Gasteiger charge is -2.35. The summed E-state index contributed by atoms with van der Waals surface area (Å²) in [5.74, 6) is 0. The number of hydrogen-bond acceptors (Lipinski definition) is 3. The third-order valence-electron chi connectivity index (χ3n) is 3.81. The summed E-state index contributed by atoms with van der Waals surface area (Å²) < 4.78 is 0. The first kappa shape index (κ1) is 11.4. The van der Waals surface area contributed by atoms with Gasteiger partial charge in [0.05, 0.1) is 0 Å². The Labute approximate surface area is 93.4 Å². The third-order valence-corrected chi connectivity index (χ3v) is 3.81. The van der Waals surface area contributed by atoms with Gasteiger partial charge in [0.15, 0.2) is 0 Å². The number of nitrogens with two attached hydrogens (primary N) is 1. The average Bonchev–Trinajstić information content (AvgIpc) is 2.47. The zero-order valence-corrected chi connectivity index (χ0v) is 10.2. The average molecular weight is 211 g/mol. The van der Waals surface area contributed by atoms with Gasteiger partial charge in [0.25, 0.3) is 0 Å². The Hall–Kier alpha value is -0.120. The summed E-state index contributed by atoms with van der Waals surface area (Å²) in [6, 6.07) is 0. The van der Waals surface area contributed by atoms with Gasteiger partial charge in [0.2, 0.25) is 0 Å². The van der Waals surface area contributed by atoms with E-state index in [4.69, 9.17) is 5.73 Å². The molecule has 0 aliphatic carbocycles. The van der Waals surface area contributed by atoms with Crippen LogP contribution in [0.1, 0.15) is 33.1 Å². The molecule has 2 fully saturated rings. The molecule has 0 amide bonds. The van der Waals surface area contributed by atoms with Crippen LogP contribution >= 0.6 is 0 Å². The monoisotopic (exact) mass is 211 g/mol. The molecular weight excluding hydrogens is 186 g/mol. The predicted molar refractivity (Wildman–Crippen MR) is 63.9 cm³/mol. The van der Waals surface area contributed by atoms with Crippen molar-refractivity contribution in [3.8, 4) is 0 Å². The van der Waals surface area contributed by atoms with Crippen molar-refractivity contribution >= 4 is 0 Å². The number of piperidine rings is 1. The van der Waals surface area contributed by atoms with E-state index in [1.54, 1.807) is 0 Å². The van der Waals surface area contributed by atoms with Crippen molar-refractivity contribution in [1.29, 1.82) is 0 Å². The molecule has 2 saturated heterocycles. The Morgan fingerprint density at radius 1 is 1.27 bits per heavy atom. The van der Waals surface area contributed by atoms with Gasteiger partial charge in [-0.2, -0.15) is 0 Å². The van der Waals surface area contributed by atoms with Gasteiger partial charge in [0.1, 0.15) is 0 Å². The van der Waals surface area contributed by atoms with E-state index < -0.39 is 0 Å². The minimum atomic E-state index is -0.0432. The second-order valence-corrected chi connectivity index (χ2v) is 6.20. The fourth-order valence-corrected chi connectivity index (χ4v) is 3.10. The number of rotatable bonds is 2. The number of nitrogens with zero attached hydrogens (tertiary/aromatic N) is 1. The van der Waals surface area contributed by atoms with E-state index in [-0.39, 0.29) is 5.54 Å². The van der Waals surface area contributed by atoms with Gasteiger partial charge in [0, 0.05) is 18.6 Å². The summed E-state index contributed by atoms with van der Waals surface area (Å²) in [6.45, 7) is 10.2. The van der Waals surface area contributed by atoms with E-state index in [0.717, 1.165) is 6.54 Å². The molecule has 0 bridgehead atoms.